The number of carbonyl (C=O) groups is 4. The summed E-state index contributed by atoms with van der Waals surface area (Å²) < 4.78 is 77.8. The highest BCUT2D eigenvalue weighted by molar-refractivity contribution is 8.16. The van der Waals surface area contributed by atoms with E-state index in [1.54, 1.807) is 0 Å². The van der Waals surface area contributed by atoms with Gasteiger partial charge in [-0.1, -0.05) is 32.4 Å². The number of aliphatic hydroxyl groups excluding tert-OH is 1. The minimum atomic E-state index is -2.44. The van der Waals surface area contributed by atoms with Crippen LogP contribution in [0, 0.1) is 40.4 Å². The van der Waals surface area contributed by atoms with E-state index >= 15 is 0 Å². The number of likely N-dealkylation sites (tertiary alicyclic amines) is 1. The molecule has 9 nitrogen and oxygen atoms in total. The van der Waals surface area contributed by atoms with Crippen molar-refractivity contribution in [3.05, 3.63) is 69.7 Å². The Labute approximate surface area is 243 Å². The Kier molecular flexibility index (Phi) is 9.59. The summed E-state index contributed by atoms with van der Waals surface area (Å²) in [5, 5.41) is 18.5. The number of rotatable bonds is 8. The van der Waals surface area contributed by atoms with Crippen molar-refractivity contribution in [2.45, 2.75) is 39.3 Å². The first-order valence-electron chi connectivity index (χ1n) is 11.7. The van der Waals surface area contributed by atoms with Crippen LogP contribution in [0.3, 0.4) is 0 Å². The summed E-state index contributed by atoms with van der Waals surface area (Å²) >= 11 is 6.52. The zero-order valence-corrected chi connectivity index (χ0v) is 23.6. The second-order valence-corrected chi connectivity index (χ2v) is 11.2. The number of aliphatic carboxylic acids is 1. The molecule has 2 aromatic rings. The fourth-order valence-electron chi connectivity index (χ4n) is 3.38. The number of ether oxygens (including phenoxy) is 2. The maximum absolute atomic E-state index is 13.9. The van der Waals surface area contributed by atoms with E-state index in [-0.39, 0.29) is 5.75 Å². The van der Waals surface area contributed by atoms with Crippen molar-refractivity contribution in [3.63, 3.8) is 0 Å². The van der Waals surface area contributed by atoms with Crippen molar-refractivity contribution >= 4 is 46.3 Å². The zero-order chi connectivity index (χ0) is 31.8. The average Bonchev–Trinajstić information content (AvgIpc) is 2.90. The van der Waals surface area contributed by atoms with Gasteiger partial charge >= 0.3 is 11.9 Å². The van der Waals surface area contributed by atoms with Gasteiger partial charge in [-0.05, 0) is 43.0 Å². The molecule has 3 rings (SSSR count). The first-order chi connectivity index (χ1) is 19.4. The highest BCUT2D eigenvalue weighted by Crippen LogP contribution is 2.40. The lowest BCUT2D eigenvalue weighted by Crippen LogP contribution is -2.62. The van der Waals surface area contributed by atoms with Crippen LogP contribution in [-0.4, -0.2) is 49.7 Å². The summed E-state index contributed by atoms with van der Waals surface area (Å²) in [6.45, 7) is 5.89. The van der Waals surface area contributed by atoms with Crippen LogP contribution in [0.4, 0.5) is 22.0 Å². The van der Waals surface area contributed by atoms with E-state index in [1.165, 1.54) is 27.7 Å². The summed E-state index contributed by atoms with van der Waals surface area (Å²) in [5.41, 5.74) is -3.57. The number of thioether (sulfide) groups is 1. The number of carbonyl (C=O) groups excluding carboxylic acids is 3. The third kappa shape index (κ3) is 6.37. The first kappa shape index (κ1) is 32.8. The Morgan fingerprint density at radius 1 is 0.952 bits per heavy atom. The predicted octanol–water partition coefficient (Wildman–Crippen LogP) is 4.94. The van der Waals surface area contributed by atoms with E-state index in [2.05, 4.69) is 4.74 Å². The Balaban J connectivity index is 1.96. The largest absolute Gasteiger partial charge is 0.476 e. The molecular formula is C26H21ClF5NO8S. The lowest BCUT2D eigenvalue weighted by atomic mass is 9.92. The number of hydrogen-bond acceptors (Lipinski definition) is 8. The normalized spacial score (nSPS) is 18.2. The molecule has 3 atom stereocenters. The SMILES string of the molecule is C[C@@H](O)[C@H]1C(=O)N(C(C(=O)O)=C(Oc2ccc(C(=O)Oc3c(F)c(F)c(F)c(F)c3F)cc2)SC(=O)C(C)(C)C)[C@H]1Cl. The number of β-lactam (4-membered cyclic amide) rings is 1. The standard InChI is InChI=1S/C26H21ClF5NO8S/c1-9(34)12-20(27)33(21(12)35)18(22(36)37)24(42-25(39)26(2,3)4)40-11-7-5-10(6-8-11)23(38)41-19-16(31)14(29)13(28)15(30)17(19)32/h5-9,12,20,34H,1-4H3,(H,36,37)/t9-,12-,20-/m1/s1. The molecule has 0 aromatic heterocycles. The molecule has 2 aromatic carbocycles. The highest BCUT2D eigenvalue weighted by atomic mass is 35.5. The monoisotopic (exact) mass is 637 g/mol. The van der Waals surface area contributed by atoms with Gasteiger partial charge in [0.1, 0.15) is 11.3 Å². The smallest absolute Gasteiger partial charge is 0.357 e. The Morgan fingerprint density at radius 2 is 1.45 bits per heavy atom. The topological polar surface area (TPSA) is 130 Å². The lowest BCUT2D eigenvalue weighted by Gasteiger charge is -2.44. The van der Waals surface area contributed by atoms with Crippen molar-refractivity contribution in [2.75, 3.05) is 0 Å². The molecule has 1 saturated heterocycles. The van der Waals surface area contributed by atoms with Gasteiger partial charge in [0.2, 0.25) is 45.9 Å². The molecular weight excluding hydrogens is 617 g/mol. The lowest BCUT2D eigenvalue weighted by molar-refractivity contribution is -0.158. The van der Waals surface area contributed by atoms with Crippen molar-refractivity contribution in [3.8, 4) is 11.5 Å². The van der Waals surface area contributed by atoms with Crippen LogP contribution in [0.15, 0.2) is 35.1 Å². The van der Waals surface area contributed by atoms with Gasteiger partial charge in [-0.2, -0.15) is 8.78 Å². The van der Waals surface area contributed by atoms with Crippen molar-refractivity contribution in [1.82, 2.24) is 4.90 Å². The summed E-state index contributed by atoms with van der Waals surface area (Å²) in [6.07, 6.45) is -1.21. The Bertz CT molecular complexity index is 1460. The molecule has 0 aliphatic carbocycles. The number of aliphatic hydroxyl groups is 1. The fourth-order valence-corrected chi connectivity index (χ4v) is 4.79. The molecule has 0 bridgehead atoms. The molecule has 1 heterocycles. The molecule has 0 spiro atoms. The summed E-state index contributed by atoms with van der Waals surface area (Å²) in [4.78, 5) is 50.6. The number of amides is 1. The quantitative estimate of drug-likeness (QED) is 0.0395. The van der Waals surface area contributed by atoms with Gasteiger partial charge in [0.05, 0.1) is 17.6 Å². The molecule has 2 N–H and O–H groups in total. The van der Waals surface area contributed by atoms with Gasteiger partial charge in [0, 0.05) is 5.41 Å². The van der Waals surface area contributed by atoms with Gasteiger partial charge in [0.25, 0.3) is 0 Å². The molecule has 226 valence electrons. The van der Waals surface area contributed by atoms with E-state index in [0.717, 1.165) is 24.3 Å². The minimum absolute atomic E-state index is 0.211. The predicted molar refractivity (Wildman–Crippen MR) is 137 cm³/mol. The molecule has 16 heteroatoms. The number of carboxylic acid groups (broad SMARTS) is 1. The number of carboxylic acids is 1. The van der Waals surface area contributed by atoms with Gasteiger partial charge in [-0.15, -0.1) is 0 Å². The number of benzene rings is 2. The van der Waals surface area contributed by atoms with E-state index in [0.29, 0.717) is 16.7 Å². The van der Waals surface area contributed by atoms with E-state index < -0.39 is 97.1 Å². The van der Waals surface area contributed by atoms with Crippen molar-refractivity contribution in [2.24, 2.45) is 11.3 Å². The number of halogens is 6. The third-order valence-electron chi connectivity index (χ3n) is 5.68. The van der Waals surface area contributed by atoms with Crippen LogP contribution in [0.25, 0.3) is 0 Å². The van der Waals surface area contributed by atoms with E-state index in [4.69, 9.17) is 16.3 Å². The molecule has 0 radical (unpaired) electrons. The van der Waals surface area contributed by atoms with Gasteiger partial charge in [-0.25, -0.2) is 22.8 Å². The maximum Gasteiger partial charge on any atom is 0.357 e. The van der Waals surface area contributed by atoms with E-state index in [1.807, 2.05) is 0 Å². The van der Waals surface area contributed by atoms with Crippen molar-refractivity contribution in [1.29, 1.82) is 0 Å². The Morgan fingerprint density at radius 3 is 1.88 bits per heavy atom. The second-order valence-electron chi connectivity index (χ2n) is 9.84. The van der Waals surface area contributed by atoms with Crippen LogP contribution >= 0.6 is 23.4 Å². The van der Waals surface area contributed by atoms with E-state index in [9.17, 15) is 51.3 Å². The summed E-state index contributed by atoms with van der Waals surface area (Å²) in [6, 6.07) is 3.96. The van der Waals surface area contributed by atoms with Crippen LogP contribution < -0.4 is 9.47 Å². The fraction of sp³-hybridized carbons (Fsp3) is 0.308. The summed E-state index contributed by atoms with van der Waals surface area (Å²) in [5.74, 6) is -19.1. The minimum Gasteiger partial charge on any atom is -0.476 e. The molecule has 1 amide bonds. The number of alkyl halides is 1. The van der Waals surface area contributed by atoms with Crippen LogP contribution in [0.5, 0.6) is 11.5 Å². The molecule has 1 aliphatic heterocycles. The molecule has 1 aliphatic rings. The van der Waals surface area contributed by atoms with Crippen molar-refractivity contribution < 1.29 is 60.8 Å². The van der Waals surface area contributed by atoms with Crippen LogP contribution in [0.1, 0.15) is 38.1 Å². The number of hydrogen-bond donors (Lipinski definition) is 2. The second kappa shape index (κ2) is 12.3. The average molecular weight is 638 g/mol. The van der Waals surface area contributed by atoms with Gasteiger partial charge in [0.15, 0.2) is 10.8 Å². The first-order valence-corrected chi connectivity index (χ1v) is 13.0. The van der Waals surface area contributed by atoms with Crippen LogP contribution in [-0.2, 0) is 14.4 Å². The molecule has 0 unspecified atom stereocenters. The number of esters is 1. The highest BCUT2D eigenvalue weighted by Gasteiger charge is 2.53. The van der Waals surface area contributed by atoms with Gasteiger partial charge < -0.3 is 19.7 Å². The maximum atomic E-state index is 13.9. The Hall–Kier alpha value is -3.69. The third-order valence-corrected chi connectivity index (χ3v) is 7.41. The van der Waals surface area contributed by atoms with Crippen LogP contribution in [0.2, 0.25) is 0 Å². The molecule has 1 fully saturated rings. The van der Waals surface area contributed by atoms with Gasteiger partial charge in [-0.3, -0.25) is 14.5 Å². The zero-order valence-electron chi connectivity index (χ0n) is 22.0. The molecule has 42 heavy (non-hydrogen) atoms. The summed E-state index contributed by atoms with van der Waals surface area (Å²) in [7, 11) is 0. The number of nitrogens with zero attached hydrogens (tertiary/aromatic N) is 1. The molecule has 0 saturated carbocycles.